The Morgan fingerprint density at radius 3 is 2.62 bits per heavy atom. The van der Waals surface area contributed by atoms with Crippen LogP contribution in [0.3, 0.4) is 0 Å². The van der Waals surface area contributed by atoms with Crippen molar-refractivity contribution in [3.05, 3.63) is 0 Å². The van der Waals surface area contributed by atoms with Crippen molar-refractivity contribution in [3.8, 4) is 6.07 Å². The second kappa shape index (κ2) is 6.19. The molecule has 0 amide bonds. The molecule has 0 aromatic carbocycles. The molecule has 1 aliphatic rings. The lowest BCUT2D eigenvalue weighted by molar-refractivity contribution is 0.0414. The van der Waals surface area contributed by atoms with E-state index in [2.05, 4.69) is 23.3 Å². The largest absolute Gasteiger partial charge is 0.381 e. The fourth-order valence-electron chi connectivity index (χ4n) is 1.95. The second-order valence-electron chi connectivity index (χ2n) is 4.77. The SMILES string of the molecule is CNC(C)(C#N)CCN(C)C1CCOCC1. The minimum atomic E-state index is -0.403. The minimum absolute atomic E-state index is 0.403. The van der Waals surface area contributed by atoms with Gasteiger partial charge in [-0.3, -0.25) is 0 Å². The van der Waals surface area contributed by atoms with Crippen molar-refractivity contribution in [2.24, 2.45) is 0 Å². The molecule has 1 N–H and O–H groups in total. The Kier molecular flexibility index (Phi) is 5.20. The van der Waals surface area contributed by atoms with Gasteiger partial charge in [0, 0.05) is 25.8 Å². The fourth-order valence-corrected chi connectivity index (χ4v) is 1.95. The number of ether oxygens (including phenoxy) is 1. The first-order valence-electron chi connectivity index (χ1n) is 5.99. The number of nitrogens with zero attached hydrogens (tertiary/aromatic N) is 2. The molecular formula is C12H23N3O. The van der Waals surface area contributed by atoms with Crippen molar-refractivity contribution in [2.45, 2.75) is 37.8 Å². The molecule has 0 aliphatic carbocycles. The zero-order chi connectivity index (χ0) is 12.0. The van der Waals surface area contributed by atoms with Crippen LogP contribution in [0, 0.1) is 11.3 Å². The quantitative estimate of drug-likeness (QED) is 0.758. The second-order valence-corrected chi connectivity index (χ2v) is 4.77. The van der Waals surface area contributed by atoms with E-state index in [0.29, 0.717) is 6.04 Å². The van der Waals surface area contributed by atoms with Gasteiger partial charge in [-0.25, -0.2) is 0 Å². The molecule has 16 heavy (non-hydrogen) atoms. The highest BCUT2D eigenvalue weighted by Gasteiger charge is 2.24. The molecule has 1 atom stereocenters. The van der Waals surface area contributed by atoms with Gasteiger partial charge >= 0.3 is 0 Å². The summed E-state index contributed by atoms with van der Waals surface area (Å²) >= 11 is 0. The van der Waals surface area contributed by atoms with E-state index in [9.17, 15) is 0 Å². The molecule has 1 heterocycles. The third-order valence-electron chi connectivity index (χ3n) is 3.58. The summed E-state index contributed by atoms with van der Waals surface area (Å²) in [5, 5.41) is 12.1. The summed E-state index contributed by atoms with van der Waals surface area (Å²) < 4.78 is 5.35. The van der Waals surface area contributed by atoms with E-state index in [-0.39, 0.29) is 0 Å². The summed E-state index contributed by atoms with van der Waals surface area (Å²) in [6.45, 7) is 4.65. The Morgan fingerprint density at radius 2 is 2.12 bits per heavy atom. The van der Waals surface area contributed by atoms with Gasteiger partial charge in [0.2, 0.25) is 0 Å². The molecule has 1 aliphatic heterocycles. The number of rotatable bonds is 5. The molecular weight excluding hydrogens is 202 g/mol. The van der Waals surface area contributed by atoms with E-state index in [1.165, 1.54) is 0 Å². The molecule has 0 spiro atoms. The zero-order valence-corrected chi connectivity index (χ0v) is 10.6. The normalized spacial score (nSPS) is 21.7. The fraction of sp³-hybridized carbons (Fsp3) is 0.917. The molecule has 0 aromatic rings. The Labute approximate surface area is 98.6 Å². The van der Waals surface area contributed by atoms with Gasteiger partial charge in [-0.1, -0.05) is 0 Å². The predicted octanol–water partition coefficient (Wildman–Crippen LogP) is 0.989. The van der Waals surface area contributed by atoms with Crippen molar-refractivity contribution >= 4 is 0 Å². The van der Waals surface area contributed by atoms with Crippen LogP contribution in [-0.4, -0.2) is 50.3 Å². The van der Waals surface area contributed by atoms with Crippen molar-refractivity contribution in [1.82, 2.24) is 10.2 Å². The van der Waals surface area contributed by atoms with E-state index in [1.54, 1.807) is 0 Å². The van der Waals surface area contributed by atoms with Crippen LogP contribution in [0.25, 0.3) is 0 Å². The maximum atomic E-state index is 9.06. The molecule has 0 bridgehead atoms. The molecule has 1 rings (SSSR count). The molecule has 1 unspecified atom stereocenters. The molecule has 1 saturated heterocycles. The average Bonchev–Trinajstić information content (AvgIpc) is 2.36. The van der Waals surface area contributed by atoms with Gasteiger partial charge in [0.15, 0.2) is 0 Å². The number of nitriles is 1. The van der Waals surface area contributed by atoms with Gasteiger partial charge in [0.1, 0.15) is 5.54 Å². The smallest absolute Gasteiger partial charge is 0.104 e. The minimum Gasteiger partial charge on any atom is -0.381 e. The highest BCUT2D eigenvalue weighted by molar-refractivity contribution is 5.03. The summed E-state index contributed by atoms with van der Waals surface area (Å²) in [5.41, 5.74) is -0.403. The first kappa shape index (κ1) is 13.4. The van der Waals surface area contributed by atoms with Crippen LogP contribution in [0.15, 0.2) is 0 Å². The predicted molar refractivity (Wildman–Crippen MR) is 64.2 cm³/mol. The number of hydrogen-bond donors (Lipinski definition) is 1. The lowest BCUT2D eigenvalue weighted by atomic mass is 9.99. The summed E-state index contributed by atoms with van der Waals surface area (Å²) in [6.07, 6.45) is 3.08. The summed E-state index contributed by atoms with van der Waals surface area (Å²) in [4.78, 5) is 2.36. The number of hydrogen-bond acceptors (Lipinski definition) is 4. The summed E-state index contributed by atoms with van der Waals surface area (Å²) in [7, 11) is 3.99. The third kappa shape index (κ3) is 3.75. The molecule has 0 radical (unpaired) electrons. The maximum absolute atomic E-state index is 9.06. The van der Waals surface area contributed by atoms with Crippen LogP contribution in [0.4, 0.5) is 0 Å². The van der Waals surface area contributed by atoms with E-state index in [4.69, 9.17) is 10.00 Å². The average molecular weight is 225 g/mol. The zero-order valence-electron chi connectivity index (χ0n) is 10.6. The van der Waals surface area contributed by atoms with Crippen LogP contribution in [0.5, 0.6) is 0 Å². The molecule has 0 aromatic heterocycles. The van der Waals surface area contributed by atoms with Crippen LogP contribution >= 0.6 is 0 Å². The van der Waals surface area contributed by atoms with Gasteiger partial charge in [-0.2, -0.15) is 5.26 Å². The van der Waals surface area contributed by atoms with Gasteiger partial charge in [0.25, 0.3) is 0 Å². The Balaban J connectivity index is 2.34. The lowest BCUT2D eigenvalue weighted by Gasteiger charge is -2.33. The summed E-state index contributed by atoms with van der Waals surface area (Å²) in [5.74, 6) is 0. The first-order valence-corrected chi connectivity index (χ1v) is 5.99. The molecule has 0 saturated carbocycles. The third-order valence-corrected chi connectivity index (χ3v) is 3.58. The standard InChI is InChI=1S/C12H23N3O/c1-12(10-13,14-2)6-7-15(3)11-4-8-16-9-5-11/h11,14H,4-9H2,1-3H3. The van der Waals surface area contributed by atoms with Crippen LogP contribution < -0.4 is 5.32 Å². The highest BCUT2D eigenvalue weighted by atomic mass is 16.5. The van der Waals surface area contributed by atoms with Crippen LogP contribution in [-0.2, 0) is 4.74 Å². The van der Waals surface area contributed by atoms with E-state index >= 15 is 0 Å². The van der Waals surface area contributed by atoms with E-state index in [1.807, 2.05) is 14.0 Å². The molecule has 4 heteroatoms. The van der Waals surface area contributed by atoms with Gasteiger partial charge < -0.3 is 15.0 Å². The van der Waals surface area contributed by atoms with E-state index < -0.39 is 5.54 Å². The highest BCUT2D eigenvalue weighted by Crippen LogP contribution is 2.15. The van der Waals surface area contributed by atoms with Crippen molar-refractivity contribution in [2.75, 3.05) is 33.9 Å². The molecule has 1 fully saturated rings. The Morgan fingerprint density at radius 1 is 1.50 bits per heavy atom. The Bertz CT molecular complexity index is 245. The van der Waals surface area contributed by atoms with Crippen molar-refractivity contribution in [1.29, 1.82) is 5.26 Å². The first-order chi connectivity index (χ1) is 7.61. The topological polar surface area (TPSA) is 48.3 Å². The van der Waals surface area contributed by atoms with Gasteiger partial charge in [-0.15, -0.1) is 0 Å². The molecule has 4 nitrogen and oxygen atoms in total. The monoisotopic (exact) mass is 225 g/mol. The Hall–Kier alpha value is -0.630. The van der Waals surface area contributed by atoms with E-state index in [0.717, 1.165) is 39.0 Å². The number of nitrogens with one attached hydrogen (secondary N) is 1. The lowest BCUT2D eigenvalue weighted by Crippen LogP contribution is -2.44. The van der Waals surface area contributed by atoms with Gasteiger partial charge in [-0.05, 0) is 40.3 Å². The van der Waals surface area contributed by atoms with Gasteiger partial charge in [0.05, 0.1) is 6.07 Å². The van der Waals surface area contributed by atoms with Crippen molar-refractivity contribution in [3.63, 3.8) is 0 Å². The van der Waals surface area contributed by atoms with Crippen LogP contribution in [0.2, 0.25) is 0 Å². The van der Waals surface area contributed by atoms with Crippen molar-refractivity contribution < 1.29 is 4.74 Å². The van der Waals surface area contributed by atoms with Crippen LogP contribution in [0.1, 0.15) is 26.2 Å². The maximum Gasteiger partial charge on any atom is 0.104 e. The molecule has 92 valence electrons. The summed E-state index contributed by atoms with van der Waals surface area (Å²) in [6, 6.07) is 2.94.